The maximum atomic E-state index is 13.2. The average Bonchev–Trinajstić information content (AvgIpc) is 2.73. The van der Waals surface area contributed by atoms with Crippen LogP contribution in [0.4, 0.5) is 10.2 Å². The highest BCUT2D eigenvalue weighted by molar-refractivity contribution is 9.10. The van der Waals surface area contributed by atoms with E-state index in [1.807, 2.05) is 0 Å². The van der Waals surface area contributed by atoms with E-state index in [0.717, 1.165) is 42.9 Å². The van der Waals surface area contributed by atoms with Crippen LogP contribution >= 0.6 is 15.9 Å². The Balaban J connectivity index is 2.49. The van der Waals surface area contributed by atoms with Crippen molar-refractivity contribution < 1.29 is 4.39 Å². The first-order valence-corrected chi connectivity index (χ1v) is 7.68. The smallest absolute Gasteiger partial charge is 0.131 e. The topological polar surface area (TPSA) is 43.8 Å². The summed E-state index contributed by atoms with van der Waals surface area (Å²) in [4.78, 5) is 4.63. The van der Waals surface area contributed by atoms with Gasteiger partial charge in [0.2, 0.25) is 0 Å². The molecule has 2 aromatic rings. The Morgan fingerprint density at radius 2 is 2.10 bits per heavy atom. The van der Waals surface area contributed by atoms with Crippen LogP contribution < -0.4 is 5.73 Å². The number of aryl methyl sites for hydroxylation is 1. The van der Waals surface area contributed by atoms with Gasteiger partial charge < -0.3 is 10.3 Å². The number of anilines is 1. The maximum absolute atomic E-state index is 13.2. The average molecular weight is 340 g/mol. The van der Waals surface area contributed by atoms with Crippen LogP contribution in [0, 0.1) is 5.82 Å². The lowest BCUT2D eigenvalue weighted by atomic mass is 10.1. The molecule has 20 heavy (non-hydrogen) atoms. The molecule has 0 bridgehead atoms. The normalized spacial score (nSPS) is 11.0. The number of benzene rings is 1. The van der Waals surface area contributed by atoms with Gasteiger partial charge in [-0.1, -0.05) is 20.3 Å². The van der Waals surface area contributed by atoms with E-state index >= 15 is 0 Å². The van der Waals surface area contributed by atoms with Crippen LogP contribution in [0.2, 0.25) is 0 Å². The van der Waals surface area contributed by atoms with Gasteiger partial charge in [-0.15, -0.1) is 0 Å². The number of aromatic nitrogens is 2. The van der Waals surface area contributed by atoms with Gasteiger partial charge in [0, 0.05) is 23.0 Å². The van der Waals surface area contributed by atoms with Crippen LogP contribution in [0.15, 0.2) is 22.7 Å². The van der Waals surface area contributed by atoms with Gasteiger partial charge in [0.1, 0.15) is 23.2 Å². The summed E-state index contributed by atoms with van der Waals surface area (Å²) in [6.07, 6.45) is 3.00. The zero-order valence-corrected chi connectivity index (χ0v) is 13.4. The van der Waals surface area contributed by atoms with E-state index in [1.54, 1.807) is 6.07 Å². The van der Waals surface area contributed by atoms with E-state index < -0.39 is 0 Å². The van der Waals surface area contributed by atoms with Crippen LogP contribution in [0.1, 0.15) is 32.5 Å². The molecule has 1 aromatic heterocycles. The number of imidazole rings is 1. The molecule has 0 aliphatic heterocycles. The molecule has 0 saturated carbocycles. The molecule has 0 radical (unpaired) electrons. The maximum Gasteiger partial charge on any atom is 0.131 e. The molecule has 0 amide bonds. The Labute approximate surface area is 127 Å². The van der Waals surface area contributed by atoms with E-state index in [9.17, 15) is 4.39 Å². The zero-order chi connectivity index (χ0) is 14.7. The van der Waals surface area contributed by atoms with Gasteiger partial charge in [-0.05, 0) is 40.5 Å². The Morgan fingerprint density at radius 3 is 2.70 bits per heavy atom. The Morgan fingerprint density at radius 1 is 1.35 bits per heavy atom. The number of hydrogen-bond acceptors (Lipinski definition) is 2. The largest absolute Gasteiger partial charge is 0.383 e. The fourth-order valence-corrected chi connectivity index (χ4v) is 2.77. The second-order valence-electron chi connectivity index (χ2n) is 4.74. The molecular formula is C15H19BrFN3. The fraction of sp³-hybridized carbons (Fsp3) is 0.400. The second-order valence-corrected chi connectivity index (χ2v) is 5.60. The predicted molar refractivity (Wildman–Crippen MR) is 84.0 cm³/mol. The van der Waals surface area contributed by atoms with Crippen molar-refractivity contribution in [1.82, 2.24) is 9.55 Å². The van der Waals surface area contributed by atoms with Crippen molar-refractivity contribution in [2.45, 2.75) is 39.7 Å². The first-order valence-electron chi connectivity index (χ1n) is 6.88. The van der Waals surface area contributed by atoms with Crippen LogP contribution in [0.3, 0.4) is 0 Å². The van der Waals surface area contributed by atoms with E-state index in [2.05, 4.69) is 39.3 Å². The number of nitrogen functional groups attached to an aromatic ring is 1. The minimum Gasteiger partial charge on any atom is -0.383 e. The third kappa shape index (κ3) is 2.87. The van der Waals surface area contributed by atoms with Gasteiger partial charge in [-0.3, -0.25) is 0 Å². The summed E-state index contributed by atoms with van der Waals surface area (Å²) in [5, 5.41) is 0. The molecule has 1 heterocycles. The second kappa shape index (κ2) is 6.39. The van der Waals surface area contributed by atoms with Crippen LogP contribution in [0.25, 0.3) is 11.3 Å². The van der Waals surface area contributed by atoms with E-state index in [-0.39, 0.29) is 5.82 Å². The van der Waals surface area contributed by atoms with Crippen molar-refractivity contribution >= 4 is 21.7 Å². The Kier molecular flexibility index (Phi) is 4.81. The van der Waals surface area contributed by atoms with Crippen LogP contribution in [0.5, 0.6) is 0 Å². The highest BCUT2D eigenvalue weighted by Gasteiger charge is 2.17. The molecule has 3 nitrogen and oxygen atoms in total. The van der Waals surface area contributed by atoms with Crippen LogP contribution in [-0.4, -0.2) is 9.55 Å². The van der Waals surface area contributed by atoms with Gasteiger partial charge >= 0.3 is 0 Å². The summed E-state index contributed by atoms with van der Waals surface area (Å²) in [5.41, 5.74) is 7.80. The van der Waals surface area contributed by atoms with Crippen molar-refractivity contribution in [1.29, 1.82) is 0 Å². The number of halogens is 2. The lowest BCUT2D eigenvalue weighted by Crippen LogP contribution is -2.06. The monoisotopic (exact) mass is 339 g/mol. The molecule has 0 aliphatic rings. The minimum atomic E-state index is -0.277. The highest BCUT2D eigenvalue weighted by Crippen LogP contribution is 2.33. The molecule has 0 atom stereocenters. The van der Waals surface area contributed by atoms with Crippen molar-refractivity contribution in [2.75, 3.05) is 5.73 Å². The number of nitrogens with two attached hydrogens (primary N) is 1. The molecule has 0 spiro atoms. The van der Waals surface area contributed by atoms with Crippen molar-refractivity contribution in [2.24, 2.45) is 0 Å². The SMILES string of the molecule is CCCCn1c(CC)nc(-c2ccc(F)cc2Br)c1N. The third-order valence-corrected chi connectivity index (χ3v) is 3.98. The van der Waals surface area contributed by atoms with E-state index in [0.29, 0.717) is 10.3 Å². The number of unbranched alkanes of at least 4 members (excludes halogenated alkanes) is 1. The highest BCUT2D eigenvalue weighted by atomic mass is 79.9. The summed E-state index contributed by atoms with van der Waals surface area (Å²) < 4.78 is 15.9. The molecule has 2 rings (SSSR count). The molecular weight excluding hydrogens is 321 g/mol. The summed E-state index contributed by atoms with van der Waals surface area (Å²) in [7, 11) is 0. The van der Waals surface area contributed by atoms with E-state index in [1.165, 1.54) is 12.1 Å². The van der Waals surface area contributed by atoms with Crippen molar-refractivity contribution in [3.05, 3.63) is 34.3 Å². The molecule has 1 aromatic carbocycles. The summed E-state index contributed by atoms with van der Waals surface area (Å²) >= 11 is 3.38. The Bertz CT molecular complexity index is 607. The van der Waals surface area contributed by atoms with Crippen molar-refractivity contribution in [3.8, 4) is 11.3 Å². The predicted octanol–water partition coefficient (Wildman–Crippen LogP) is 4.40. The fourth-order valence-electron chi connectivity index (χ4n) is 2.23. The molecule has 2 N–H and O–H groups in total. The van der Waals surface area contributed by atoms with Crippen molar-refractivity contribution in [3.63, 3.8) is 0 Å². The van der Waals surface area contributed by atoms with Gasteiger partial charge in [0.15, 0.2) is 0 Å². The summed E-state index contributed by atoms with van der Waals surface area (Å²) in [5.74, 6) is 1.35. The standard InChI is InChI=1S/C15H19BrFN3/c1-3-5-8-20-13(4-2)19-14(15(20)18)11-7-6-10(17)9-12(11)16/h6-7,9H,3-5,8,18H2,1-2H3. The molecule has 108 valence electrons. The van der Waals surface area contributed by atoms with Gasteiger partial charge in [0.25, 0.3) is 0 Å². The molecule has 0 aliphatic carbocycles. The quantitative estimate of drug-likeness (QED) is 0.877. The van der Waals surface area contributed by atoms with Gasteiger partial charge in [-0.25, -0.2) is 9.37 Å². The third-order valence-electron chi connectivity index (χ3n) is 3.32. The Hall–Kier alpha value is -1.36. The first-order chi connectivity index (χ1) is 9.58. The summed E-state index contributed by atoms with van der Waals surface area (Å²) in [6, 6.07) is 4.57. The van der Waals surface area contributed by atoms with Gasteiger partial charge in [0.05, 0.1) is 0 Å². The summed E-state index contributed by atoms with van der Waals surface area (Å²) in [6.45, 7) is 5.08. The first kappa shape index (κ1) is 15.0. The van der Waals surface area contributed by atoms with Crippen LogP contribution in [-0.2, 0) is 13.0 Å². The molecule has 5 heteroatoms. The lowest BCUT2D eigenvalue weighted by Gasteiger charge is -2.08. The lowest BCUT2D eigenvalue weighted by molar-refractivity contribution is 0.612. The number of hydrogen-bond donors (Lipinski definition) is 1. The molecule has 0 unspecified atom stereocenters. The number of nitrogens with zero attached hydrogens (tertiary/aromatic N) is 2. The zero-order valence-electron chi connectivity index (χ0n) is 11.8. The van der Waals surface area contributed by atoms with E-state index in [4.69, 9.17) is 5.73 Å². The number of rotatable bonds is 5. The molecule has 0 fully saturated rings. The van der Waals surface area contributed by atoms with Gasteiger partial charge in [-0.2, -0.15) is 0 Å². The minimum absolute atomic E-state index is 0.277. The molecule has 0 saturated heterocycles.